The smallest absolute Gasteiger partial charge is 0.306 e. The fourth-order valence-electron chi connectivity index (χ4n) is 8.93. The topological polar surface area (TPSA) is 78.9 Å². The van der Waals surface area contributed by atoms with Crippen LogP contribution >= 0.6 is 0 Å². The van der Waals surface area contributed by atoms with Crippen molar-refractivity contribution in [1.82, 2.24) is 0 Å². The molecule has 0 fully saturated rings. The summed E-state index contributed by atoms with van der Waals surface area (Å²) in [6.45, 7) is 6.38. The van der Waals surface area contributed by atoms with Crippen LogP contribution in [-0.4, -0.2) is 37.2 Å². The Morgan fingerprint density at radius 2 is 0.526 bits per heavy atom. The monoisotopic (exact) mass is 1080 g/mol. The average molecular weight is 1080 g/mol. The first kappa shape index (κ1) is 73.8. The minimum absolute atomic E-state index is 0.109. The second-order valence-corrected chi connectivity index (χ2v) is 21.3. The first-order chi connectivity index (χ1) is 38.5. The third kappa shape index (κ3) is 62.7. The second kappa shape index (κ2) is 65.3. The number of unbranched alkanes of at least 4 members (excludes halogenated alkanes) is 27. The molecule has 0 aliphatic carbocycles. The normalized spacial score (nSPS) is 12.9. The van der Waals surface area contributed by atoms with E-state index in [0.717, 1.165) is 103 Å². The van der Waals surface area contributed by atoms with Crippen molar-refractivity contribution in [3.8, 4) is 0 Å². The Bertz CT molecular complexity index is 1620. The maximum atomic E-state index is 12.9. The minimum atomic E-state index is -0.823. The fraction of sp³-hybridized carbons (Fsp3) is 0.681. The Kier molecular flexibility index (Phi) is 61.8. The van der Waals surface area contributed by atoms with Crippen LogP contribution in [0.2, 0.25) is 0 Å². The number of carbonyl (C=O) groups is 3. The first-order valence-corrected chi connectivity index (χ1v) is 32.5. The summed E-state index contributed by atoms with van der Waals surface area (Å²) in [5.74, 6) is -0.990. The van der Waals surface area contributed by atoms with Crippen LogP contribution < -0.4 is 0 Å². The molecular formula is C72H120O6. The highest BCUT2D eigenvalue weighted by molar-refractivity contribution is 5.71. The molecule has 0 N–H and O–H groups in total. The number of hydrogen-bond acceptors (Lipinski definition) is 6. The number of esters is 3. The molecule has 1 unspecified atom stereocenters. The van der Waals surface area contributed by atoms with Gasteiger partial charge in [-0.2, -0.15) is 0 Å². The summed E-state index contributed by atoms with van der Waals surface area (Å²) in [4.78, 5) is 38.3. The fourth-order valence-corrected chi connectivity index (χ4v) is 8.93. The summed E-state index contributed by atoms with van der Waals surface area (Å²) >= 11 is 0. The van der Waals surface area contributed by atoms with Crippen molar-refractivity contribution in [3.05, 3.63) is 122 Å². The molecule has 0 heterocycles. The number of rotatable bonds is 58. The number of carbonyl (C=O) groups excluding carboxylic acids is 3. The molecule has 0 aromatic carbocycles. The predicted molar refractivity (Wildman–Crippen MR) is 339 cm³/mol. The molecular weight excluding hydrogens is 961 g/mol. The van der Waals surface area contributed by atoms with Gasteiger partial charge in [0.2, 0.25) is 0 Å². The van der Waals surface area contributed by atoms with Gasteiger partial charge in [-0.15, -0.1) is 0 Å². The van der Waals surface area contributed by atoms with Crippen LogP contribution in [0.3, 0.4) is 0 Å². The lowest BCUT2D eigenvalue weighted by Crippen LogP contribution is -2.30. The largest absolute Gasteiger partial charge is 0.462 e. The van der Waals surface area contributed by atoms with E-state index in [1.807, 2.05) is 6.08 Å². The summed E-state index contributed by atoms with van der Waals surface area (Å²) < 4.78 is 16.9. The van der Waals surface area contributed by atoms with Crippen molar-refractivity contribution in [1.29, 1.82) is 0 Å². The summed E-state index contributed by atoms with van der Waals surface area (Å²) in [6, 6.07) is 0. The van der Waals surface area contributed by atoms with Crippen molar-refractivity contribution in [2.24, 2.45) is 0 Å². The molecule has 6 nitrogen and oxygen atoms in total. The maximum absolute atomic E-state index is 12.9. The van der Waals surface area contributed by atoms with E-state index in [1.165, 1.54) is 148 Å². The molecule has 0 amide bonds. The zero-order chi connectivity index (χ0) is 56.4. The van der Waals surface area contributed by atoms with Gasteiger partial charge in [0.1, 0.15) is 13.2 Å². The molecule has 78 heavy (non-hydrogen) atoms. The van der Waals surface area contributed by atoms with Crippen LogP contribution in [0.1, 0.15) is 297 Å². The maximum Gasteiger partial charge on any atom is 0.306 e. The van der Waals surface area contributed by atoms with Gasteiger partial charge in [-0.05, 0) is 96.3 Å². The van der Waals surface area contributed by atoms with Crippen molar-refractivity contribution in [2.75, 3.05) is 13.2 Å². The zero-order valence-corrected chi connectivity index (χ0v) is 50.9. The van der Waals surface area contributed by atoms with Crippen molar-refractivity contribution >= 4 is 17.9 Å². The minimum Gasteiger partial charge on any atom is -0.462 e. The van der Waals surface area contributed by atoms with Crippen LogP contribution in [-0.2, 0) is 28.6 Å². The summed E-state index contributed by atoms with van der Waals surface area (Å²) in [7, 11) is 0. The molecule has 0 spiro atoms. The van der Waals surface area contributed by atoms with E-state index < -0.39 is 12.1 Å². The Hall–Kier alpha value is -4.19. The quantitative estimate of drug-likeness (QED) is 0.0261. The van der Waals surface area contributed by atoms with Gasteiger partial charge in [-0.25, -0.2) is 0 Å². The van der Waals surface area contributed by atoms with Crippen molar-refractivity contribution < 1.29 is 28.6 Å². The molecule has 0 bridgehead atoms. The number of ether oxygens (including phenoxy) is 3. The van der Waals surface area contributed by atoms with E-state index in [0.29, 0.717) is 19.3 Å². The Balaban J connectivity index is 4.47. The highest BCUT2D eigenvalue weighted by atomic mass is 16.6. The van der Waals surface area contributed by atoms with Gasteiger partial charge in [0.25, 0.3) is 0 Å². The zero-order valence-electron chi connectivity index (χ0n) is 50.9. The lowest BCUT2D eigenvalue weighted by atomic mass is 10.0. The molecule has 444 valence electrons. The van der Waals surface area contributed by atoms with Crippen LogP contribution in [0.5, 0.6) is 0 Å². The molecule has 0 saturated carbocycles. The summed E-state index contributed by atoms with van der Waals surface area (Å²) in [6.07, 6.45) is 90.7. The molecule has 1 atom stereocenters. The summed E-state index contributed by atoms with van der Waals surface area (Å²) in [5, 5.41) is 0. The third-order valence-corrected chi connectivity index (χ3v) is 13.7. The molecule has 0 aromatic rings. The van der Waals surface area contributed by atoms with E-state index in [1.54, 1.807) is 0 Å². The number of hydrogen-bond donors (Lipinski definition) is 0. The lowest BCUT2D eigenvalue weighted by Gasteiger charge is -2.18. The molecule has 6 heteroatoms. The van der Waals surface area contributed by atoms with E-state index in [4.69, 9.17) is 14.2 Å². The van der Waals surface area contributed by atoms with Gasteiger partial charge in [0, 0.05) is 19.3 Å². The standard InChI is InChI=1S/C72H120O6/c1-4-7-10-13-16-19-22-25-28-31-34-35-36-37-39-41-44-47-50-53-56-59-62-65-71(74)77-68-69(67-76-70(73)64-61-58-55-52-49-46-43-40-33-30-27-24-21-18-15-12-9-6-3)78-72(75)66-63-60-57-54-51-48-45-42-38-32-29-26-23-20-17-14-11-8-5-2/h7-8,10-11,16-17,19-20,25-26,28-29,34-35,38,42,48,51,57,60,69H,4-6,9,12-15,18,21-24,27,30-33,36-37,39-41,43-47,49-50,52-56,58-59,61-68H2,1-3H3/b10-7-,11-8-,19-16-,20-17-,28-25-,29-26-,35-34-,42-38-,51-48-,60-57-. The van der Waals surface area contributed by atoms with Crippen LogP contribution in [0.25, 0.3) is 0 Å². The van der Waals surface area contributed by atoms with Gasteiger partial charge in [0.15, 0.2) is 6.10 Å². The Morgan fingerprint density at radius 3 is 0.833 bits per heavy atom. The highest BCUT2D eigenvalue weighted by Gasteiger charge is 2.19. The summed E-state index contributed by atoms with van der Waals surface area (Å²) in [5.41, 5.74) is 0. The van der Waals surface area contributed by atoms with Gasteiger partial charge >= 0.3 is 17.9 Å². The van der Waals surface area contributed by atoms with E-state index in [-0.39, 0.29) is 31.6 Å². The van der Waals surface area contributed by atoms with E-state index >= 15 is 0 Å². The van der Waals surface area contributed by atoms with Crippen molar-refractivity contribution in [3.63, 3.8) is 0 Å². The Labute approximate surface area is 482 Å². The van der Waals surface area contributed by atoms with E-state index in [9.17, 15) is 14.4 Å². The molecule has 0 saturated heterocycles. The van der Waals surface area contributed by atoms with Gasteiger partial charge in [-0.1, -0.05) is 303 Å². The predicted octanol–water partition coefficient (Wildman–Crippen LogP) is 22.4. The van der Waals surface area contributed by atoms with Crippen LogP contribution in [0.4, 0.5) is 0 Å². The molecule has 0 aliphatic heterocycles. The van der Waals surface area contributed by atoms with Gasteiger partial charge < -0.3 is 14.2 Å². The van der Waals surface area contributed by atoms with Gasteiger partial charge in [0.05, 0.1) is 0 Å². The lowest BCUT2D eigenvalue weighted by molar-refractivity contribution is -0.166. The third-order valence-electron chi connectivity index (χ3n) is 13.7. The molecule has 0 radical (unpaired) electrons. The van der Waals surface area contributed by atoms with Crippen LogP contribution in [0, 0.1) is 0 Å². The van der Waals surface area contributed by atoms with Crippen molar-refractivity contribution in [2.45, 2.75) is 303 Å². The van der Waals surface area contributed by atoms with E-state index in [2.05, 4.69) is 136 Å². The second-order valence-electron chi connectivity index (χ2n) is 21.3. The van der Waals surface area contributed by atoms with Gasteiger partial charge in [-0.3, -0.25) is 14.4 Å². The SMILES string of the molecule is CC/C=C\C/C=C\C/C=C\C/C=C\C/C=C\C/C=C\CCC(=O)OC(COC(=O)CCCCCCCCCCCC/C=C\C/C=C\C/C=C\C/C=C\CC)COC(=O)CCCCCCCCCCCCCCCCCCCC. The molecule has 0 rings (SSSR count). The Morgan fingerprint density at radius 1 is 0.269 bits per heavy atom. The number of allylic oxidation sites excluding steroid dienone is 20. The average Bonchev–Trinajstić information content (AvgIpc) is 3.44. The highest BCUT2D eigenvalue weighted by Crippen LogP contribution is 2.16. The molecule has 0 aromatic heterocycles. The molecule has 0 aliphatic rings. The first-order valence-electron chi connectivity index (χ1n) is 32.5. The van der Waals surface area contributed by atoms with Crippen LogP contribution in [0.15, 0.2) is 122 Å².